The van der Waals surface area contributed by atoms with Crippen LogP contribution in [0.2, 0.25) is 0 Å². The first kappa shape index (κ1) is 18.6. The van der Waals surface area contributed by atoms with Gasteiger partial charge in [0, 0.05) is 16.7 Å². The molecule has 0 N–H and O–H groups in total. The quantitative estimate of drug-likeness (QED) is 0.537. The number of thiophene rings is 1. The standard InChI is InChI=1S/C21H13F2NO2S2/c22-14-8-9-15(23)16(11-14)24-20(25)18(17-7-4-10-27-17)19(21(24)26)28-12-13-5-2-1-3-6-13/h1-11H,12H2. The van der Waals surface area contributed by atoms with Gasteiger partial charge in [-0.05, 0) is 29.1 Å². The summed E-state index contributed by atoms with van der Waals surface area (Å²) in [6.07, 6.45) is 0. The summed E-state index contributed by atoms with van der Waals surface area (Å²) < 4.78 is 27.9. The van der Waals surface area contributed by atoms with Gasteiger partial charge in [0.1, 0.15) is 11.6 Å². The fraction of sp³-hybridized carbons (Fsp3) is 0.0476. The number of benzene rings is 2. The minimum Gasteiger partial charge on any atom is -0.268 e. The minimum absolute atomic E-state index is 0.226. The van der Waals surface area contributed by atoms with Crippen molar-refractivity contribution < 1.29 is 18.4 Å². The molecule has 0 unspecified atom stereocenters. The molecule has 0 aliphatic carbocycles. The van der Waals surface area contributed by atoms with Crippen LogP contribution in [0.5, 0.6) is 0 Å². The number of carbonyl (C=O) groups excluding carboxylic acids is 2. The molecule has 0 radical (unpaired) electrons. The number of amides is 2. The molecule has 0 atom stereocenters. The normalized spacial score (nSPS) is 14.3. The Balaban J connectivity index is 1.74. The monoisotopic (exact) mass is 413 g/mol. The predicted octanol–water partition coefficient (Wildman–Crippen LogP) is 5.24. The summed E-state index contributed by atoms with van der Waals surface area (Å²) in [4.78, 5) is 27.7. The number of nitrogens with zero attached hydrogens (tertiary/aromatic N) is 1. The molecule has 2 amide bonds. The van der Waals surface area contributed by atoms with Crippen molar-refractivity contribution in [3.05, 3.63) is 93.0 Å². The molecule has 4 rings (SSSR count). The van der Waals surface area contributed by atoms with Crippen molar-refractivity contribution >= 4 is 46.2 Å². The van der Waals surface area contributed by atoms with Crippen LogP contribution in [0.3, 0.4) is 0 Å². The summed E-state index contributed by atoms with van der Waals surface area (Å²) >= 11 is 2.54. The molecule has 3 aromatic rings. The van der Waals surface area contributed by atoms with E-state index in [9.17, 15) is 18.4 Å². The molecule has 2 aromatic carbocycles. The fourth-order valence-electron chi connectivity index (χ4n) is 2.89. The number of hydrogen-bond acceptors (Lipinski definition) is 4. The Hall–Kier alpha value is -2.77. The number of thioether (sulfide) groups is 1. The first-order valence-electron chi connectivity index (χ1n) is 8.35. The summed E-state index contributed by atoms with van der Waals surface area (Å²) in [6, 6.07) is 15.7. The highest BCUT2D eigenvalue weighted by Gasteiger charge is 2.41. The number of halogens is 2. The molecule has 3 nitrogen and oxygen atoms in total. The zero-order valence-corrected chi connectivity index (χ0v) is 16.0. The van der Waals surface area contributed by atoms with Gasteiger partial charge in [0.25, 0.3) is 11.8 Å². The average Bonchev–Trinajstić information content (AvgIpc) is 3.30. The number of imide groups is 1. The second-order valence-corrected chi connectivity index (χ2v) is 7.93. The van der Waals surface area contributed by atoms with Crippen LogP contribution < -0.4 is 4.90 Å². The van der Waals surface area contributed by atoms with E-state index in [0.717, 1.165) is 28.7 Å². The fourth-order valence-corrected chi connectivity index (χ4v) is 4.78. The van der Waals surface area contributed by atoms with Crippen LogP contribution >= 0.6 is 23.1 Å². The second kappa shape index (κ2) is 7.69. The number of anilines is 1. The van der Waals surface area contributed by atoms with Gasteiger partial charge in [-0.2, -0.15) is 0 Å². The van der Waals surface area contributed by atoms with E-state index >= 15 is 0 Å². The van der Waals surface area contributed by atoms with E-state index in [4.69, 9.17) is 0 Å². The molecule has 0 fully saturated rings. The zero-order chi connectivity index (χ0) is 19.7. The number of rotatable bonds is 5. The van der Waals surface area contributed by atoms with Gasteiger partial charge in [-0.3, -0.25) is 9.59 Å². The van der Waals surface area contributed by atoms with Crippen LogP contribution in [0.15, 0.2) is 70.9 Å². The van der Waals surface area contributed by atoms with Crippen LogP contribution in [0.1, 0.15) is 10.4 Å². The van der Waals surface area contributed by atoms with Crippen LogP contribution in [0.25, 0.3) is 5.57 Å². The Kier molecular flexibility index (Phi) is 5.11. The molecule has 140 valence electrons. The average molecular weight is 413 g/mol. The van der Waals surface area contributed by atoms with Crippen LogP contribution in [-0.4, -0.2) is 11.8 Å². The molecule has 1 aliphatic heterocycles. The van der Waals surface area contributed by atoms with Crippen LogP contribution in [-0.2, 0) is 15.3 Å². The van der Waals surface area contributed by atoms with Crippen molar-refractivity contribution in [2.24, 2.45) is 0 Å². The van der Waals surface area contributed by atoms with Gasteiger partial charge < -0.3 is 0 Å². The summed E-state index contributed by atoms with van der Waals surface area (Å²) in [6.45, 7) is 0. The van der Waals surface area contributed by atoms with Crippen molar-refractivity contribution in [2.45, 2.75) is 5.75 Å². The van der Waals surface area contributed by atoms with E-state index in [2.05, 4.69) is 0 Å². The van der Waals surface area contributed by atoms with Gasteiger partial charge in [0.15, 0.2) is 0 Å². The van der Waals surface area contributed by atoms with E-state index in [1.807, 2.05) is 30.3 Å². The smallest absolute Gasteiger partial charge is 0.268 e. The lowest BCUT2D eigenvalue weighted by Gasteiger charge is -2.16. The summed E-state index contributed by atoms with van der Waals surface area (Å²) in [5.74, 6) is -2.36. The summed E-state index contributed by atoms with van der Waals surface area (Å²) in [5.41, 5.74) is 0.838. The van der Waals surface area contributed by atoms with E-state index in [1.165, 1.54) is 23.1 Å². The van der Waals surface area contributed by atoms with Gasteiger partial charge in [-0.1, -0.05) is 36.4 Å². The highest BCUT2D eigenvalue weighted by Crippen LogP contribution is 2.41. The molecule has 7 heteroatoms. The third-order valence-electron chi connectivity index (χ3n) is 4.18. The summed E-state index contributed by atoms with van der Waals surface area (Å²) in [7, 11) is 0. The van der Waals surface area contributed by atoms with Gasteiger partial charge in [0.2, 0.25) is 0 Å². The molecule has 1 aliphatic rings. The molecule has 1 aromatic heterocycles. The highest BCUT2D eigenvalue weighted by molar-refractivity contribution is 8.03. The molecule has 0 saturated heterocycles. The Morgan fingerprint density at radius 2 is 1.71 bits per heavy atom. The largest absolute Gasteiger partial charge is 0.272 e. The molecule has 0 bridgehead atoms. The lowest BCUT2D eigenvalue weighted by atomic mass is 10.2. The third kappa shape index (κ3) is 3.39. The van der Waals surface area contributed by atoms with Crippen LogP contribution in [0, 0.1) is 11.6 Å². The van der Waals surface area contributed by atoms with Crippen molar-refractivity contribution in [3.63, 3.8) is 0 Å². The maximum atomic E-state index is 14.3. The minimum atomic E-state index is -0.831. The maximum absolute atomic E-state index is 14.3. The van der Waals surface area contributed by atoms with E-state index in [1.54, 1.807) is 17.5 Å². The zero-order valence-electron chi connectivity index (χ0n) is 14.4. The van der Waals surface area contributed by atoms with Crippen LogP contribution in [0.4, 0.5) is 14.5 Å². The van der Waals surface area contributed by atoms with Crippen molar-refractivity contribution in [3.8, 4) is 0 Å². The van der Waals surface area contributed by atoms with Gasteiger partial charge in [0.05, 0.1) is 16.2 Å². The molecular formula is C21H13F2NO2S2. The molecule has 2 heterocycles. The van der Waals surface area contributed by atoms with E-state index < -0.39 is 23.4 Å². The Morgan fingerprint density at radius 1 is 0.929 bits per heavy atom. The third-order valence-corrected chi connectivity index (χ3v) is 6.22. The Bertz CT molecular complexity index is 1080. The molecule has 0 spiro atoms. The predicted molar refractivity (Wildman–Crippen MR) is 108 cm³/mol. The summed E-state index contributed by atoms with van der Waals surface area (Å²) in [5, 5.41) is 1.80. The SMILES string of the molecule is O=C1C(SCc2ccccc2)=C(c2cccs2)C(=O)N1c1cc(F)ccc1F. The topological polar surface area (TPSA) is 37.4 Å². The van der Waals surface area contributed by atoms with Crippen molar-refractivity contribution in [1.82, 2.24) is 0 Å². The van der Waals surface area contributed by atoms with E-state index in [0.29, 0.717) is 10.6 Å². The van der Waals surface area contributed by atoms with Crippen molar-refractivity contribution in [2.75, 3.05) is 4.90 Å². The van der Waals surface area contributed by atoms with E-state index in [-0.39, 0.29) is 16.2 Å². The molecule has 28 heavy (non-hydrogen) atoms. The molecular weight excluding hydrogens is 400 g/mol. The first-order chi connectivity index (χ1) is 13.6. The first-order valence-corrected chi connectivity index (χ1v) is 10.2. The molecule has 0 saturated carbocycles. The number of hydrogen-bond donors (Lipinski definition) is 0. The maximum Gasteiger partial charge on any atom is 0.272 e. The Morgan fingerprint density at radius 3 is 2.43 bits per heavy atom. The van der Waals surface area contributed by atoms with Gasteiger partial charge in [-0.15, -0.1) is 23.1 Å². The van der Waals surface area contributed by atoms with Crippen molar-refractivity contribution in [1.29, 1.82) is 0 Å². The van der Waals surface area contributed by atoms with Gasteiger partial charge in [-0.25, -0.2) is 13.7 Å². The number of carbonyl (C=O) groups is 2. The lowest BCUT2D eigenvalue weighted by Crippen LogP contribution is -2.32. The second-order valence-electron chi connectivity index (χ2n) is 6.00. The highest BCUT2D eigenvalue weighted by atomic mass is 32.2. The van der Waals surface area contributed by atoms with Gasteiger partial charge >= 0.3 is 0 Å². The Labute approximate surface area is 168 Å². The lowest BCUT2D eigenvalue weighted by molar-refractivity contribution is -0.119.